The molecule has 4 heteroatoms. The fourth-order valence-electron chi connectivity index (χ4n) is 2.27. The first-order chi connectivity index (χ1) is 10.2. The number of nitrogens with one attached hydrogen (secondary N) is 3. The predicted octanol–water partition coefficient (Wildman–Crippen LogP) is 2.92. The normalized spacial score (nSPS) is 12.1. The van der Waals surface area contributed by atoms with Gasteiger partial charge in [-0.2, -0.15) is 0 Å². The molecule has 2 aromatic rings. The van der Waals surface area contributed by atoms with Crippen molar-refractivity contribution >= 4 is 16.9 Å². The average Bonchev–Trinajstić information content (AvgIpc) is 2.88. The van der Waals surface area contributed by atoms with Crippen LogP contribution in [0.4, 0.5) is 0 Å². The summed E-state index contributed by atoms with van der Waals surface area (Å²) in [4.78, 5) is 7.90. The van der Waals surface area contributed by atoms with E-state index in [1.165, 1.54) is 16.5 Å². The number of hydrogen-bond acceptors (Lipinski definition) is 1. The maximum absolute atomic E-state index is 4.58. The largest absolute Gasteiger partial charge is 0.361 e. The van der Waals surface area contributed by atoms with E-state index in [-0.39, 0.29) is 0 Å². The quantitative estimate of drug-likeness (QED) is 0.565. The van der Waals surface area contributed by atoms with Crippen molar-refractivity contribution in [3.05, 3.63) is 36.0 Å². The van der Waals surface area contributed by atoms with E-state index in [4.69, 9.17) is 0 Å². The molecule has 0 saturated heterocycles. The molecule has 1 heterocycles. The van der Waals surface area contributed by atoms with E-state index >= 15 is 0 Å². The van der Waals surface area contributed by atoms with Gasteiger partial charge in [0.2, 0.25) is 0 Å². The van der Waals surface area contributed by atoms with Crippen LogP contribution in [0.15, 0.2) is 35.5 Å². The molecule has 0 unspecified atom stereocenters. The highest BCUT2D eigenvalue weighted by Gasteiger charge is 2.03. The van der Waals surface area contributed by atoms with Crippen molar-refractivity contribution in [2.45, 2.75) is 27.2 Å². The number of rotatable bonds is 6. The van der Waals surface area contributed by atoms with Gasteiger partial charge in [-0.05, 0) is 30.9 Å². The highest BCUT2D eigenvalue weighted by atomic mass is 15.2. The molecule has 4 nitrogen and oxygen atoms in total. The van der Waals surface area contributed by atoms with Crippen LogP contribution >= 0.6 is 0 Å². The molecular formula is C17H26N4. The Bertz CT molecular complexity index is 583. The molecule has 0 aliphatic carbocycles. The minimum atomic E-state index is 0.578. The van der Waals surface area contributed by atoms with Gasteiger partial charge in [-0.1, -0.05) is 32.0 Å². The molecule has 0 atom stereocenters. The lowest BCUT2D eigenvalue weighted by molar-refractivity contribution is 0.656. The molecular weight excluding hydrogens is 260 g/mol. The van der Waals surface area contributed by atoms with Gasteiger partial charge in [0.1, 0.15) is 0 Å². The minimum absolute atomic E-state index is 0.578. The van der Waals surface area contributed by atoms with Gasteiger partial charge in [-0.25, -0.2) is 0 Å². The lowest BCUT2D eigenvalue weighted by atomic mass is 10.1. The van der Waals surface area contributed by atoms with Crippen LogP contribution in [0.3, 0.4) is 0 Å². The number of benzene rings is 1. The van der Waals surface area contributed by atoms with Crippen molar-refractivity contribution in [1.82, 2.24) is 15.6 Å². The fraction of sp³-hybridized carbons (Fsp3) is 0.471. The summed E-state index contributed by atoms with van der Waals surface area (Å²) < 4.78 is 0. The highest BCUT2D eigenvalue weighted by Crippen LogP contribution is 2.17. The van der Waals surface area contributed by atoms with Crippen LogP contribution < -0.4 is 10.6 Å². The van der Waals surface area contributed by atoms with Crippen LogP contribution in [0, 0.1) is 5.92 Å². The van der Waals surface area contributed by atoms with Gasteiger partial charge >= 0.3 is 0 Å². The first-order valence-corrected chi connectivity index (χ1v) is 7.78. The zero-order valence-electron chi connectivity index (χ0n) is 13.2. The molecule has 1 aromatic carbocycles. The van der Waals surface area contributed by atoms with E-state index in [1.54, 1.807) is 0 Å². The van der Waals surface area contributed by atoms with Gasteiger partial charge in [0, 0.05) is 36.7 Å². The van der Waals surface area contributed by atoms with Crippen molar-refractivity contribution in [2.75, 3.05) is 19.6 Å². The number of aromatic nitrogens is 1. The standard InChI is InChI=1S/C17H26N4/c1-4-18-17(21-11-13(2)3)19-10-9-14-12-20-16-8-6-5-7-15(14)16/h5-8,12-13,20H,4,9-11H2,1-3H3,(H2,18,19,21). The summed E-state index contributed by atoms with van der Waals surface area (Å²) >= 11 is 0. The summed E-state index contributed by atoms with van der Waals surface area (Å²) in [5.41, 5.74) is 2.55. The Morgan fingerprint density at radius 1 is 1.24 bits per heavy atom. The molecule has 0 fully saturated rings. The van der Waals surface area contributed by atoms with Gasteiger partial charge in [-0.3, -0.25) is 4.99 Å². The van der Waals surface area contributed by atoms with Crippen molar-refractivity contribution in [1.29, 1.82) is 0 Å². The zero-order valence-corrected chi connectivity index (χ0v) is 13.2. The third-order valence-corrected chi connectivity index (χ3v) is 3.32. The smallest absolute Gasteiger partial charge is 0.191 e. The number of fused-ring (bicyclic) bond motifs is 1. The van der Waals surface area contributed by atoms with Crippen LogP contribution in [0.5, 0.6) is 0 Å². The van der Waals surface area contributed by atoms with E-state index in [1.807, 2.05) is 0 Å². The highest BCUT2D eigenvalue weighted by molar-refractivity contribution is 5.83. The first-order valence-electron chi connectivity index (χ1n) is 7.78. The van der Waals surface area contributed by atoms with E-state index in [0.717, 1.165) is 32.0 Å². The Labute approximate surface area is 127 Å². The molecule has 0 saturated carbocycles. The van der Waals surface area contributed by atoms with Crippen LogP contribution in [0.2, 0.25) is 0 Å². The summed E-state index contributed by atoms with van der Waals surface area (Å²) in [5.74, 6) is 1.49. The summed E-state index contributed by atoms with van der Waals surface area (Å²) in [5, 5.41) is 8.00. The third kappa shape index (κ3) is 4.52. The second-order valence-electron chi connectivity index (χ2n) is 5.65. The topological polar surface area (TPSA) is 52.2 Å². The Morgan fingerprint density at radius 3 is 2.81 bits per heavy atom. The van der Waals surface area contributed by atoms with Gasteiger partial charge in [0.25, 0.3) is 0 Å². The number of aromatic amines is 1. The summed E-state index contributed by atoms with van der Waals surface area (Å²) in [6.45, 7) is 9.06. The van der Waals surface area contributed by atoms with E-state index < -0.39 is 0 Å². The number of para-hydroxylation sites is 1. The second kappa shape index (κ2) is 7.72. The monoisotopic (exact) mass is 286 g/mol. The summed E-state index contributed by atoms with van der Waals surface area (Å²) in [7, 11) is 0. The van der Waals surface area contributed by atoms with Gasteiger partial charge in [0.15, 0.2) is 5.96 Å². The van der Waals surface area contributed by atoms with Crippen molar-refractivity contribution in [2.24, 2.45) is 10.9 Å². The SMILES string of the molecule is CCNC(=NCC(C)C)NCCc1c[nH]c2ccccc12. The van der Waals surface area contributed by atoms with Crippen molar-refractivity contribution < 1.29 is 0 Å². The lowest BCUT2D eigenvalue weighted by Gasteiger charge is -2.11. The van der Waals surface area contributed by atoms with Gasteiger partial charge in [-0.15, -0.1) is 0 Å². The number of nitrogens with zero attached hydrogens (tertiary/aromatic N) is 1. The molecule has 2 rings (SSSR count). The third-order valence-electron chi connectivity index (χ3n) is 3.32. The Morgan fingerprint density at radius 2 is 2.05 bits per heavy atom. The van der Waals surface area contributed by atoms with Crippen LogP contribution in [-0.4, -0.2) is 30.6 Å². The molecule has 114 valence electrons. The second-order valence-corrected chi connectivity index (χ2v) is 5.65. The number of hydrogen-bond donors (Lipinski definition) is 3. The maximum Gasteiger partial charge on any atom is 0.191 e. The fourth-order valence-corrected chi connectivity index (χ4v) is 2.27. The Kier molecular flexibility index (Phi) is 5.67. The number of aliphatic imine (C=N–C) groups is 1. The number of H-pyrrole nitrogens is 1. The van der Waals surface area contributed by atoms with Crippen molar-refractivity contribution in [3.8, 4) is 0 Å². The molecule has 0 amide bonds. The van der Waals surface area contributed by atoms with E-state index in [0.29, 0.717) is 5.92 Å². The summed E-state index contributed by atoms with van der Waals surface area (Å²) in [6, 6.07) is 8.42. The molecule has 0 radical (unpaired) electrons. The zero-order chi connectivity index (χ0) is 15.1. The molecule has 1 aromatic heterocycles. The Hall–Kier alpha value is -1.97. The van der Waals surface area contributed by atoms with Crippen LogP contribution in [0.25, 0.3) is 10.9 Å². The lowest BCUT2D eigenvalue weighted by Crippen LogP contribution is -2.38. The van der Waals surface area contributed by atoms with Crippen LogP contribution in [0.1, 0.15) is 26.3 Å². The number of guanidine groups is 1. The van der Waals surface area contributed by atoms with E-state index in [9.17, 15) is 0 Å². The molecule has 0 bridgehead atoms. The van der Waals surface area contributed by atoms with E-state index in [2.05, 4.69) is 71.8 Å². The van der Waals surface area contributed by atoms with Gasteiger partial charge in [0.05, 0.1) is 0 Å². The molecule has 0 aliphatic rings. The Balaban J connectivity index is 1.91. The first kappa shape index (κ1) is 15.4. The summed E-state index contributed by atoms with van der Waals surface area (Å²) in [6.07, 6.45) is 3.08. The maximum atomic E-state index is 4.58. The average molecular weight is 286 g/mol. The van der Waals surface area contributed by atoms with Gasteiger partial charge < -0.3 is 15.6 Å². The molecule has 0 aliphatic heterocycles. The molecule has 21 heavy (non-hydrogen) atoms. The molecule has 0 spiro atoms. The van der Waals surface area contributed by atoms with Crippen LogP contribution in [-0.2, 0) is 6.42 Å². The predicted molar refractivity (Wildman–Crippen MR) is 90.8 cm³/mol. The molecule has 3 N–H and O–H groups in total. The van der Waals surface area contributed by atoms with Crippen molar-refractivity contribution in [3.63, 3.8) is 0 Å². The minimum Gasteiger partial charge on any atom is -0.361 e.